The van der Waals surface area contributed by atoms with Crippen molar-refractivity contribution in [3.05, 3.63) is 53.3 Å². The Morgan fingerprint density at radius 3 is 2.57 bits per heavy atom. The maximum absolute atomic E-state index is 14.1. The fourth-order valence-corrected chi connectivity index (χ4v) is 3.36. The summed E-state index contributed by atoms with van der Waals surface area (Å²) < 4.78 is 19.3. The van der Waals surface area contributed by atoms with E-state index in [9.17, 15) is 18.8 Å². The maximum Gasteiger partial charge on any atom is 0.255 e. The topological polar surface area (TPSA) is 87.7 Å². The number of benzene rings is 2. The van der Waals surface area contributed by atoms with E-state index in [0.717, 1.165) is 17.7 Å². The van der Waals surface area contributed by atoms with Crippen molar-refractivity contribution < 1.29 is 23.5 Å². The molecule has 0 aromatic heterocycles. The van der Waals surface area contributed by atoms with E-state index in [-0.39, 0.29) is 17.2 Å². The van der Waals surface area contributed by atoms with Crippen LogP contribution in [0, 0.1) is 12.7 Å². The highest BCUT2D eigenvalue weighted by Gasteiger charge is 2.29. The molecule has 2 aromatic carbocycles. The zero-order valence-electron chi connectivity index (χ0n) is 17.1. The molecule has 0 spiro atoms. The number of anilines is 2. The average Bonchev–Trinajstić information content (AvgIpc) is 3.14. The van der Waals surface area contributed by atoms with Gasteiger partial charge in [0.1, 0.15) is 17.6 Å². The van der Waals surface area contributed by atoms with Gasteiger partial charge in [0.05, 0.1) is 7.11 Å². The van der Waals surface area contributed by atoms with Crippen molar-refractivity contribution in [1.82, 2.24) is 4.90 Å². The van der Waals surface area contributed by atoms with Gasteiger partial charge in [-0.1, -0.05) is 0 Å². The summed E-state index contributed by atoms with van der Waals surface area (Å²) in [5.41, 5.74) is 1.56. The number of halogens is 1. The first-order valence-electron chi connectivity index (χ1n) is 9.65. The minimum atomic E-state index is -0.678. The van der Waals surface area contributed by atoms with Gasteiger partial charge in [0, 0.05) is 29.9 Å². The van der Waals surface area contributed by atoms with Crippen molar-refractivity contribution in [3.63, 3.8) is 0 Å². The number of rotatable bonds is 6. The van der Waals surface area contributed by atoms with Gasteiger partial charge < -0.3 is 20.3 Å². The minimum absolute atomic E-state index is 0.0606. The van der Waals surface area contributed by atoms with Crippen LogP contribution in [0.15, 0.2) is 36.4 Å². The molecule has 0 saturated carbocycles. The van der Waals surface area contributed by atoms with Gasteiger partial charge >= 0.3 is 0 Å². The molecule has 1 aliphatic rings. The number of hydrogen-bond acceptors (Lipinski definition) is 4. The van der Waals surface area contributed by atoms with Crippen molar-refractivity contribution in [2.24, 2.45) is 0 Å². The Morgan fingerprint density at radius 2 is 1.93 bits per heavy atom. The van der Waals surface area contributed by atoms with E-state index in [1.54, 1.807) is 32.2 Å². The first-order chi connectivity index (χ1) is 14.3. The van der Waals surface area contributed by atoms with Crippen LogP contribution in [0.5, 0.6) is 5.75 Å². The van der Waals surface area contributed by atoms with Gasteiger partial charge in [-0.15, -0.1) is 0 Å². The van der Waals surface area contributed by atoms with Crippen molar-refractivity contribution in [1.29, 1.82) is 0 Å². The van der Waals surface area contributed by atoms with Gasteiger partial charge in [-0.25, -0.2) is 4.39 Å². The lowest BCUT2D eigenvalue weighted by molar-refractivity contribution is -0.134. The monoisotopic (exact) mass is 413 g/mol. The quantitative estimate of drug-likeness (QED) is 0.760. The SMILES string of the molecule is COc1ccc(NC(=O)c2cc(F)cc(NC(=O)C(C)N3CCCC3=O)c2)c(C)c1. The summed E-state index contributed by atoms with van der Waals surface area (Å²) in [6.45, 7) is 3.96. The summed E-state index contributed by atoms with van der Waals surface area (Å²) in [7, 11) is 1.55. The summed E-state index contributed by atoms with van der Waals surface area (Å²) >= 11 is 0. The summed E-state index contributed by atoms with van der Waals surface area (Å²) in [5, 5.41) is 5.33. The Kier molecular flexibility index (Phi) is 6.34. The molecular weight excluding hydrogens is 389 g/mol. The molecule has 7 nitrogen and oxygen atoms in total. The second-order valence-electron chi connectivity index (χ2n) is 7.22. The second kappa shape index (κ2) is 8.94. The second-order valence-corrected chi connectivity index (χ2v) is 7.22. The first kappa shape index (κ1) is 21.3. The fraction of sp³-hybridized carbons (Fsp3) is 0.318. The molecule has 8 heteroatoms. The lowest BCUT2D eigenvalue weighted by atomic mass is 10.1. The molecule has 1 atom stereocenters. The van der Waals surface area contributed by atoms with Gasteiger partial charge in [0.2, 0.25) is 11.8 Å². The third-order valence-corrected chi connectivity index (χ3v) is 5.07. The van der Waals surface area contributed by atoms with E-state index >= 15 is 0 Å². The maximum atomic E-state index is 14.1. The number of methoxy groups -OCH3 is 1. The summed E-state index contributed by atoms with van der Waals surface area (Å²) in [6, 6.07) is 8.12. The van der Waals surface area contributed by atoms with Crippen LogP contribution in [0.25, 0.3) is 0 Å². The van der Waals surface area contributed by atoms with Crippen LogP contribution in [0.1, 0.15) is 35.7 Å². The van der Waals surface area contributed by atoms with E-state index in [2.05, 4.69) is 10.6 Å². The number of likely N-dealkylation sites (tertiary alicyclic amines) is 1. The van der Waals surface area contributed by atoms with E-state index in [0.29, 0.717) is 30.8 Å². The molecule has 1 unspecified atom stereocenters. The van der Waals surface area contributed by atoms with Crippen molar-refractivity contribution >= 4 is 29.1 Å². The van der Waals surface area contributed by atoms with Crippen LogP contribution in [0.3, 0.4) is 0 Å². The van der Waals surface area contributed by atoms with Crippen LogP contribution in [-0.4, -0.2) is 42.3 Å². The predicted molar refractivity (Wildman–Crippen MR) is 111 cm³/mol. The van der Waals surface area contributed by atoms with Gasteiger partial charge in [-0.05, 0) is 62.2 Å². The third kappa shape index (κ3) is 4.76. The third-order valence-electron chi connectivity index (χ3n) is 5.07. The standard InChI is InChI=1S/C22H24FN3O4/c1-13-9-18(30-3)6-7-19(13)25-22(29)15-10-16(23)12-17(11-15)24-21(28)14(2)26-8-4-5-20(26)27/h6-7,9-12,14H,4-5,8H2,1-3H3,(H,24,28)(H,25,29). The Balaban J connectivity index is 1.73. The minimum Gasteiger partial charge on any atom is -0.497 e. The number of hydrogen-bond donors (Lipinski definition) is 2. The number of ether oxygens (including phenoxy) is 1. The Morgan fingerprint density at radius 1 is 1.17 bits per heavy atom. The summed E-state index contributed by atoms with van der Waals surface area (Å²) in [5.74, 6) is -1.03. The largest absolute Gasteiger partial charge is 0.497 e. The fourth-order valence-electron chi connectivity index (χ4n) is 3.36. The van der Waals surface area contributed by atoms with Gasteiger partial charge in [-0.3, -0.25) is 14.4 Å². The number of carbonyl (C=O) groups is 3. The molecule has 0 radical (unpaired) electrons. The van der Waals surface area contributed by atoms with Crippen molar-refractivity contribution in [2.75, 3.05) is 24.3 Å². The number of carbonyl (C=O) groups excluding carboxylic acids is 3. The molecule has 3 rings (SSSR count). The van der Waals surface area contributed by atoms with Crippen LogP contribution in [0.2, 0.25) is 0 Å². The summed E-state index contributed by atoms with van der Waals surface area (Å²) in [4.78, 5) is 38.4. The van der Waals surface area contributed by atoms with Crippen LogP contribution < -0.4 is 15.4 Å². The van der Waals surface area contributed by atoms with E-state index in [1.807, 2.05) is 6.92 Å². The van der Waals surface area contributed by atoms with Crippen LogP contribution >= 0.6 is 0 Å². The number of nitrogens with one attached hydrogen (secondary N) is 2. The average molecular weight is 413 g/mol. The molecule has 1 fully saturated rings. The molecule has 158 valence electrons. The highest BCUT2D eigenvalue weighted by atomic mass is 19.1. The Hall–Kier alpha value is -3.42. The van der Waals surface area contributed by atoms with E-state index in [4.69, 9.17) is 4.74 Å². The van der Waals surface area contributed by atoms with Gasteiger partial charge in [-0.2, -0.15) is 0 Å². The van der Waals surface area contributed by atoms with Crippen molar-refractivity contribution in [2.45, 2.75) is 32.7 Å². The van der Waals surface area contributed by atoms with Gasteiger partial charge in [0.15, 0.2) is 0 Å². The molecule has 1 saturated heterocycles. The van der Waals surface area contributed by atoms with Crippen LogP contribution in [-0.2, 0) is 9.59 Å². The molecule has 1 aliphatic heterocycles. The molecule has 2 aromatic rings. The van der Waals surface area contributed by atoms with Crippen molar-refractivity contribution in [3.8, 4) is 5.75 Å². The lowest BCUT2D eigenvalue weighted by Crippen LogP contribution is -2.42. The molecule has 30 heavy (non-hydrogen) atoms. The normalized spacial score (nSPS) is 14.4. The smallest absolute Gasteiger partial charge is 0.255 e. The highest BCUT2D eigenvalue weighted by molar-refractivity contribution is 6.06. The van der Waals surface area contributed by atoms with Gasteiger partial charge in [0.25, 0.3) is 5.91 Å². The number of aryl methyl sites for hydroxylation is 1. The van der Waals surface area contributed by atoms with Crippen LogP contribution in [0.4, 0.5) is 15.8 Å². The molecule has 0 bridgehead atoms. The predicted octanol–water partition coefficient (Wildman–Crippen LogP) is 3.34. The first-order valence-corrected chi connectivity index (χ1v) is 9.65. The number of amides is 3. The molecule has 2 N–H and O–H groups in total. The molecule has 1 heterocycles. The number of nitrogens with zero attached hydrogens (tertiary/aromatic N) is 1. The zero-order valence-corrected chi connectivity index (χ0v) is 17.1. The highest BCUT2D eigenvalue weighted by Crippen LogP contribution is 2.23. The lowest BCUT2D eigenvalue weighted by Gasteiger charge is -2.23. The molecule has 0 aliphatic carbocycles. The summed E-state index contributed by atoms with van der Waals surface area (Å²) in [6.07, 6.45) is 1.14. The van der Waals surface area contributed by atoms with E-state index in [1.165, 1.54) is 11.0 Å². The Labute approximate surface area is 174 Å². The molecular formula is C22H24FN3O4. The molecule has 3 amide bonds. The Bertz CT molecular complexity index is 992. The van der Waals surface area contributed by atoms with E-state index < -0.39 is 23.7 Å². The zero-order chi connectivity index (χ0) is 21.8.